The molecule has 2 aromatic rings. The van der Waals surface area contributed by atoms with Crippen LogP contribution in [0.15, 0.2) is 54.6 Å². The Morgan fingerprint density at radius 1 is 1.08 bits per heavy atom. The molecule has 0 bridgehead atoms. The summed E-state index contributed by atoms with van der Waals surface area (Å²) in [5, 5.41) is 14.8. The van der Waals surface area contributed by atoms with Crippen molar-refractivity contribution in [1.82, 2.24) is 10.6 Å². The third kappa shape index (κ3) is 6.69. The smallest absolute Gasteiger partial charge is 0.314 e. The zero-order valence-electron chi connectivity index (χ0n) is 14.9. The summed E-state index contributed by atoms with van der Waals surface area (Å²) in [5.41, 5.74) is 2.88. The number of hydrogen-bond acceptors (Lipinski definition) is 4. The average Bonchev–Trinajstić information content (AvgIpc) is 2.68. The first-order valence-corrected chi connectivity index (χ1v) is 9.70. The maximum Gasteiger partial charge on any atom is 0.314 e. The molecular formula is C20H24N4OS. The summed E-state index contributed by atoms with van der Waals surface area (Å²) in [7, 11) is 2.00. The Morgan fingerprint density at radius 2 is 1.77 bits per heavy atom. The molecule has 0 radical (unpaired) electrons. The van der Waals surface area contributed by atoms with E-state index < -0.39 is 0 Å². The van der Waals surface area contributed by atoms with Gasteiger partial charge in [-0.25, -0.2) is 4.79 Å². The lowest BCUT2D eigenvalue weighted by Gasteiger charge is -2.19. The van der Waals surface area contributed by atoms with Gasteiger partial charge >= 0.3 is 6.03 Å². The molecular weight excluding hydrogens is 344 g/mol. The first kappa shape index (κ1) is 19.7. The van der Waals surface area contributed by atoms with E-state index in [9.17, 15) is 4.79 Å². The van der Waals surface area contributed by atoms with E-state index in [1.54, 1.807) is 11.8 Å². The van der Waals surface area contributed by atoms with Crippen LogP contribution in [0, 0.1) is 11.3 Å². The van der Waals surface area contributed by atoms with E-state index in [-0.39, 0.29) is 6.03 Å². The van der Waals surface area contributed by atoms with Crippen LogP contribution in [0.25, 0.3) is 0 Å². The quantitative estimate of drug-likeness (QED) is 0.667. The zero-order chi connectivity index (χ0) is 18.6. The average molecular weight is 369 g/mol. The van der Waals surface area contributed by atoms with Crippen LogP contribution < -0.4 is 15.5 Å². The molecule has 5 nitrogen and oxygen atoms in total. The van der Waals surface area contributed by atoms with Crippen molar-refractivity contribution in [3.05, 3.63) is 65.7 Å². The molecule has 0 atom stereocenters. The van der Waals surface area contributed by atoms with Crippen molar-refractivity contribution in [1.29, 1.82) is 5.26 Å². The summed E-state index contributed by atoms with van der Waals surface area (Å²) >= 11 is 1.70. The number of likely N-dealkylation sites (N-methyl/N-ethyl adjacent to an activating group) is 1. The van der Waals surface area contributed by atoms with E-state index in [2.05, 4.69) is 21.6 Å². The van der Waals surface area contributed by atoms with Crippen LogP contribution >= 0.6 is 11.8 Å². The number of hydrogen-bond donors (Lipinski definition) is 2. The second kappa shape index (κ2) is 11.1. The highest BCUT2D eigenvalue weighted by atomic mass is 32.2. The van der Waals surface area contributed by atoms with E-state index in [4.69, 9.17) is 5.26 Å². The highest BCUT2D eigenvalue weighted by Crippen LogP contribution is 2.15. The van der Waals surface area contributed by atoms with Crippen LogP contribution in [0.5, 0.6) is 0 Å². The number of amides is 2. The largest absolute Gasteiger partial charge is 0.373 e. The zero-order valence-corrected chi connectivity index (χ0v) is 15.8. The third-order valence-electron chi connectivity index (χ3n) is 3.86. The van der Waals surface area contributed by atoms with E-state index in [1.165, 1.54) is 0 Å². The molecule has 0 aromatic heterocycles. The molecule has 2 rings (SSSR count). The van der Waals surface area contributed by atoms with Crippen molar-refractivity contribution in [2.45, 2.75) is 5.75 Å². The minimum Gasteiger partial charge on any atom is -0.373 e. The number of thioether (sulfide) groups is 1. The van der Waals surface area contributed by atoms with Gasteiger partial charge in [0.25, 0.3) is 0 Å². The van der Waals surface area contributed by atoms with Gasteiger partial charge in [0.05, 0.1) is 11.6 Å². The third-order valence-corrected chi connectivity index (χ3v) is 4.87. The van der Waals surface area contributed by atoms with E-state index >= 15 is 0 Å². The van der Waals surface area contributed by atoms with Gasteiger partial charge in [-0.15, -0.1) is 0 Å². The van der Waals surface area contributed by atoms with E-state index in [0.717, 1.165) is 29.3 Å². The topological polar surface area (TPSA) is 68.2 Å². The van der Waals surface area contributed by atoms with E-state index in [0.29, 0.717) is 18.7 Å². The lowest BCUT2D eigenvalue weighted by atomic mass is 10.1. The highest BCUT2D eigenvalue weighted by molar-refractivity contribution is 7.98. The molecule has 0 heterocycles. The maximum absolute atomic E-state index is 11.8. The van der Waals surface area contributed by atoms with Gasteiger partial charge < -0.3 is 15.5 Å². The summed E-state index contributed by atoms with van der Waals surface area (Å²) in [4.78, 5) is 13.9. The molecule has 0 aliphatic rings. The van der Waals surface area contributed by atoms with Crippen molar-refractivity contribution in [2.75, 3.05) is 37.3 Å². The molecule has 136 valence electrons. The minimum atomic E-state index is -0.149. The molecule has 0 unspecified atom stereocenters. The number of nitrogens with one attached hydrogen (secondary N) is 2. The monoisotopic (exact) mass is 368 g/mol. The number of nitrogens with zero attached hydrogens (tertiary/aromatic N) is 2. The molecule has 0 saturated carbocycles. The van der Waals surface area contributed by atoms with Gasteiger partial charge in [-0.3, -0.25) is 0 Å². The number of carbonyl (C=O) groups is 1. The fraction of sp³-hybridized carbons (Fsp3) is 0.300. The van der Waals surface area contributed by atoms with Crippen LogP contribution in [-0.2, 0) is 5.75 Å². The van der Waals surface area contributed by atoms with Crippen molar-refractivity contribution >= 4 is 23.5 Å². The summed E-state index contributed by atoms with van der Waals surface area (Å²) in [6, 6.07) is 19.7. The molecule has 0 aliphatic carbocycles. The van der Waals surface area contributed by atoms with Crippen LogP contribution in [0.3, 0.4) is 0 Å². The molecule has 2 aromatic carbocycles. The van der Waals surface area contributed by atoms with Gasteiger partial charge in [0.15, 0.2) is 0 Å². The van der Waals surface area contributed by atoms with Crippen molar-refractivity contribution < 1.29 is 4.79 Å². The van der Waals surface area contributed by atoms with Gasteiger partial charge in [-0.05, 0) is 23.8 Å². The standard InChI is InChI=1S/C20H24N4OS/c1-24(19-9-3-2-4-10-19)13-11-22-20(25)23-12-14-26-16-18-8-6-5-7-17(18)15-21/h2-10H,11-14,16H2,1H3,(H2,22,23,25). The Morgan fingerprint density at radius 3 is 2.54 bits per heavy atom. The normalized spacial score (nSPS) is 10.0. The molecule has 6 heteroatoms. The SMILES string of the molecule is CN(CCNC(=O)NCCSCc1ccccc1C#N)c1ccccc1. The predicted octanol–water partition coefficient (Wildman–Crippen LogP) is 3.23. The predicted molar refractivity (Wildman–Crippen MR) is 108 cm³/mol. The van der Waals surface area contributed by atoms with Crippen LogP contribution in [0.1, 0.15) is 11.1 Å². The minimum absolute atomic E-state index is 0.149. The molecule has 0 spiro atoms. The number of nitriles is 1. The van der Waals surface area contributed by atoms with Gasteiger partial charge in [0.1, 0.15) is 0 Å². The number of para-hydroxylation sites is 1. The Labute approximate surface area is 159 Å². The number of carbonyl (C=O) groups excluding carboxylic acids is 1. The lowest BCUT2D eigenvalue weighted by molar-refractivity contribution is 0.242. The molecule has 0 aliphatic heterocycles. The highest BCUT2D eigenvalue weighted by Gasteiger charge is 2.03. The Hall–Kier alpha value is -2.65. The van der Waals surface area contributed by atoms with Crippen molar-refractivity contribution in [3.63, 3.8) is 0 Å². The second-order valence-corrected chi connectivity index (χ2v) is 6.87. The van der Waals surface area contributed by atoms with Crippen LogP contribution in [-0.4, -0.2) is 38.5 Å². The number of anilines is 1. The first-order valence-electron chi connectivity index (χ1n) is 8.54. The van der Waals surface area contributed by atoms with E-state index in [1.807, 2.05) is 61.6 Å². The fourth-order valence-corrected chi connectivity index (χ4v) is 3.25. The summed E-state index contributed by atoms with van der Waals surface area (Å²) in [6.45, 7) is 1.93. The number of rotatable bonds is 9. The first-order chi connectivity index (χ1) is 12.7. The maximum atomic E-state index is 11.8. The van der Waals surface area contributed by atoms with Gasteiger partial charge in [-0.2, -0.15) is 17.0 Å². The Kier molecular flexibility index (Phi) is 8.37. The molecule has 0 saturated heterocycles. The Bertz CT molecular complexity index is 730. The summed E-state index contributed by atoms with van der Waals surface area (Å²) in [6.07, 6.45) is 0. The molecule has 2 N–H and O–H groups in total. The van der Waals surface area contributed by atoms with Crippen molar-refractivity contribution in [2.24, 2.45) is 0 Å². The molecule has 26 heavy (non-hydrogen) atoms. The van der Waals surface area contributed by atoms with Gasteiger partial charge in [-0.1, -0.05) is 36.4 Å². The Balaban J connectivity index is 1.56. The second-order valence-electron chi connectivity index (χ2n) is 5.76. The van der Waals surface area contributed by atoms with Gasteiger partial charge in [0.2, 0.25) is 0 Å². The van der Waals surface area contributed by atoms with Crippen LogP contribution in [0.2, 0.25) is 0 Å². The van der Waals surface area contributed by atoms with Gasteiger partial charge in [0, 0.05) is 43.9 Å². The fourth-order valence-electron chi connectivity index (χ4n) is 2.39. The molecule has 2 amide bonds. The number of benzene rings is 2. The lowest BCUT2D eigenvalue weighted by Crippen LogP contribution is -2.40. The summed E-state index contributed by atoms with van der Waals surface area (Å²) < 4.78 is 0. The van der Waals surface area contributed by atoms with Crippen LogP contribution in [0.4, 0.5) is 10.5 Å². The van der Waals surface area contributed by atoms with Crippen molar-refractivity contribution in [3.8, 4) is 6.07 Å². The molecule has 0 fully saturated rings. The summed E-state index contributed by atoms with van der Waals surface area (Å²) in [5.74, 6) is 1.58. The number of urea groups is 1.